The SMILES string of the molecule is COC(=O)c1ccc(-c2ccc(C[C@H](CC(=O)C3CCC(CNC(=O)OC(C)(C)C)CC3)C(=O)Nc3ccc4c(=O)[nH][nH]c4c3)cc2)c(C)c1. The molecular formula is C39H46N4O7. The van der Waals surface area contributed by atoms with Crippen LogP contribution >= 0.6 is 0 Å². The van der Waals surface area contributed by atoms with Crippen molar-refractivity contribution in [3.05, 3.63) is 87.7 Å². The second-order valence-electron chi connectivity index (χ2n) is 14.2. The van der Waals surface area contributed by atoms with Crippen molar-refractivity contribution >= 4 is 40.3 Å². The summed E-state index contributed by atoms with van der Waals surface area (Å²) in [6, 6.07) is 18.3. The molecule has 1 heterocycles. The van der Waals surface area contributed by atoms with Crippen molar-refractivity contribution in [1.29, 1.82) is 0 Å². The van der Waals surface area contributed by atoms with Gasteiger partial charge in [0, 0.05) is 30.5 Å². The Kier molecular flexibility index (Phi) is 11.2. The normalized spacial score (nSPS) is 16.7. The predicted molar refractivity (Wildman–Crippen MR) is 192 cm³/mol. The topological polar surface area (TPSA) is 159 Å². The van der Waals surface area contributed by atoms with Gasteiger partial charge >= 0.3 is 12.1 Å². The first-order valence-corrected chi connectivity index (χ1v) is 17.1. The minimum absolute atomic E-state index is 0.0621. The molecular weight excluding hydrogens is 636 g/mol. The highest BCUT2D eigenvalue weighted by Crippen LogP contribution is 2.32. The number of benzene rings is 3. The number of hydrogen-bond acceptors (Lipinski definition) is 7. The maximum atomic E-state index is 13.8. The maximum absolute atomic E-state index is 13.8. The van der Waals surface area contributed by atoms with Crippen LogP contribution in [0.15, 0.2) is 65.5 Å². The summed E-state index contributed by atoms with van der Waals surface area (Å²) in [4.78, 5) is 63.5. The number of carbonyl (C=O) groups excluding carboxylic acids is 4. The molecule has 1 atom stereocenters. The average Bonchev–Trinajstić information content (AvgIpc) is 3.45. The van der Waals surface area contributed by atoms with Gasteiger partial charge in [0.25, 0.3) is 5.56 Å². The molecule has 1 aliphatic rings. The molecule has 1 saturated carbocycles. The van der Waals surface area contributed by atoms with Crippen molar-refractivity contribution in [3.8, 4) is 11.1 Å². The van der Waals surface area contributed by atoms with E-state index in [1.807, 2.05) is 58.0 Å². The number of aromatic amines is 2. The Morgan fingerprint density at radius 1 is 0.920 bits per heavy atom. The Morgan fingerprint density at radius 2 is 1.64 bits per heavy atom. The van der Waals surface area contributed by atoms with Gasteiger partial charge in [-0.05, 0) is 118 Å². The standard InChI is InChI=1S/C39H46N4O7/c1-23-18-28(37(47)49-5)14-16-31(23)26-10-6-24(7-11-26)19-29(35(45)41-30-15-17-32-33(21-30)42-43-36(32)46)20-34(44)27-12-8-25(9-13-27)22-40-38(48)50-39(2,3)4/h6-7,10-11,14-18,21,25,27,29H,8-9,12-13,19-20,22H2,1-5H3,(H,40,48)(H,41,45)(H2,42,43,46)/t25?,27?,29-/m1/s1. The van der Waals surface area contributed by atoms with E-state index >= 15 is 0 Å². The zero-order valence-corrected chi connectivity index (χ0v) is 29.3. The summed E-state index contributed by atoms with van der Waals surface area (Å²) in [5, 5.41) is 11.7. The minimum Gasteiger partial charge on any atom is -0.465 e. The second kappa shape index (κ2) is 15.6. The maximum Gasteiger partial charge on any atom is 0.407 e. The number of nitrogens with one attached hydrogen (secondary N) is 4. The number of alkyl carbamates (subject to hydrolysis) is 1. The number of anilines is 1. The van der Waals surface area contributed by atoms with Crippen molar-refractivity contribution in [2.45, 2.75) is 71.8 Å². The van der Waals surface area contributed by atoms with Gasteiger partial charge in [-0.25, -0.2) is 9.59 Å². The average molecular weight is 683 g/mol. The van der Waals surface area contributed by atoms with Gasteiger partial charge in [0.15, 0.2) is 0 Å². The molecule has 5 rings (SSSR count). The van der Waals surface area contributed by atoms with Crippen molar-refractivity contribution in [3.63, 3.8) is 0 Å². The zero-order valence-electron chi connectivity index (χ0n) is 29.3. The molecule has 2 amide bonds. The molecule has 4 N–H and O–H groups in total. The summed E-state index contributed by atoms with van der Waals surface area (Å²) < 4.78 is 10.2. The van der Waals surface area contributed by atoms with Crippen LogP contribution in [0.5, 0.6) is 0 Å². The van der Waals surface area contributed by atoms with Gasteiger partial charge in [-0.15, -0.1) is 0 Å². The monoisotopic (exact) mass is 682 g/mol. The zero-order chi connectivity index (χ0) is 36.0. The Morgan fingerprint density at radius 3 is 2.30 bits per heavy atom. The van der Waals surface area contributed by atoms with E-state index in [9.17, 15) is 24.0 Å². The molecule has 264 valence electrons. The van der Waals surface area contributed by atoms with Crippen LogP contribution in [0.4, 0.5) is 10.5 Å². The number of Topliss-reactive ketones (excluding diaryl/α,β-unsaturated/α-hetero) is 1. The fourth-order valence-electron chi connectivity index (χ4n) is 6.59. The number of ketones is 1. The first-order valence-electron chi connectivity index (χ1n) is 17.1. The van der Waals surface area contributed by atoms with Crippen molar-refractivity contribution in [2.75, 3.05) is 19.0 Å². The van der Waals surface area contributed by atoms with E-state index in [2.05, 4.69) is 20.8 Å². The fraction of sp³-hybridized carbons (Fsp3) is 0.410. The molecule has 0 saturated heterocycles. The Balaban J connectivity index is 1.27. The van der Waals surface area contributed by atoms with Crippen LogP contribution in [-0.2, 0) is 25.5 Å². The molecule has 50 heavy (non-hydrogen) atoms. The van der Waals surface area contributed by atoms with Crippen LogP contribution in [0.25, 0.3) is 22.0 Å². The van der Waals surface area contributed by atoms with Gasteiger partial charge in [0.2, 0.25) is 5.91 Å². The highest BCUT2D eigenvalue weighted by molar-refractivity contribution is 5.97. The number of ether oxygens (including phenoxy) is 2. The molecule has 3 aromatic carbocycles. The summed E-state index contributed by atoms with van der Waals surface area (Å²) in [5.74, 6) is -1.11. The van der Waals surface area contributed by atoms with E-state index in [4.69, 9.17) is 9.47 Å². The molecule has 1 aliphatic carbocycles. The van der Waals surface area contributed by atoms with Crippen LogP contribution in [0.2, 0.25) is 0 Å². The van der Waals surface area contributed by atoms with E-state index in [-0.39, 0.29) is 35.5 Å². The van der Waals surface area contributed by atoms with E-state index in [0.717, 1.165) is 35.1 Å². The van der Waals surface area contributed by atoms with Gasteiger partial charge in [0.1, 0.15) is 11.4 Å². The van der Waals surface area contributed by atoms with Crippen LogP contribution in [0.1, 0.15) is 74.4 Å². The lowest BCUT2D eigenvalue weighted by Crippen LogP contribution is -2.37. The third-order valence-electron chi connectivity index (χ3n) is 9.29. The molecule has 11 heteroatoms. The number of aromatic nitrogens is 2. The molecule has 11 nitrogen and oxygen atoms in total. The van der Waals surface area contributed by atoms with Crippen molar-refractivity contribution in [1.82, 2.24) is 15.5 Å². The van der Waals surface area contributed by atoms with Crippen molar-refractivity contribution < 1.29 is 28.7 Å². The van der Waals surface area contributed by atoms with Gasteiger partial charge in [-0.3, -0.25) is 24.6 Å². The lowest BCUT2D eigenvalue weighted by atomic mass is 9.77. The summed E-state index contributed by atoms with van der Waals surface area (Å²) in [5.41, 5.74) is 4.55. The Bertz CT molecular complexity index is 1910. The number of carbonyl (C=O) groups is 4. The Labute approximate surface area is 291 Å². The number of hydrogen-bond donors (Lipinski definition) is 4. The first-order chi connectivity index (χ1) is 23.8. The van der Waals surface area contributed by atoms with Crippen LogP contribution in [0.3, 0.4) is 0 Å². The van der Waals surface area contributed by atoms with Gasteiger partial charge in [-0.2, -0.15) is 0 Å². The quantitative estimate of drug-likeness (QED) is 0.128. The van der Waals surface area contributed by atoms with Crippen LogP contribution in [-0.4, -0.2) is 53.2 Å². The van der Waals surface area contributed by atoms with Crippen molar-refractivity contribution in [2.24, 2.45) is 17.8 Å². The molecule has 0 unspecified atom stereocenters. The summed E-state index contributed by atoms with van der Waals surface area (Å²) >= 11 is 0. The highest BCUT2D eigenvalue weighted by Gasteiger charge is 2.31. The lowest BCUT2D eigenvalue weighted by Gasteiger charge is -2.29. The molecule has 0 spiro atoms. The Hall–Kier alpha value is -5.19. The number of methoxy groups -OCH3 is 1. The summed E-state index contributed by atoms with van der Waals surface area (Å²) in [7, 11) is 1.35. The molecule has 0 bridgehead atoms. The smallest absolute Gasteiger partial charge is 0.407 e. The summed E-state index contributed by atoms with van der Waals surface area (Å²) in [6.45, 7) is 7.91. The third-order valence-corrected chi connectivity index (χ3v) is 9.29. The van der Waals surface area contributed by atoms with Crippen LogP contribution < -0.4 is 16.2 Å². The number of rotatable bonds is 11. The second-order valence-corrected chi connectivity index (χ2v) is 14.2. The largest absolute Gasteiger partial charge is 0.465 e. The number of fused-ring (bicyclic) bond motifs is 1. The highest BCUT2D eigenvalue weighted by atomic mass is 16.6. The first kappa shape index (κ1) is 36.1. The summed E-state index contributed by atoms with van der Waals surface area (Å²) in [6.07, 6.45) is 3.03. The van der Waals surface area contributed by atoms with E-state index in [0.29, 0.717) is 48.0 Å². The third kappa shape index (κ3) is 9.28. The number of aryl methyl sites for hydroxylation is 1. The molecule has 4 aromatic rings. The number of amides is 2. The van der Waals surface area contributed by atoms with Gasteiger partial charge < -0.3 is 20.1 Å². The van der Waals surface area contributed by atoms with E-state index < -0.39 is 23.6 Å². The van der Waals surface area contributed by atoms with E-state index in [1.54, 1.807) is 30.3 Å². The lowest BCUT2D eigenvalue weighted by molar-refractivity contribution is -0.129. The molecule has 0 radical (unpaired) electrons. The van der Waals surface area contributed by atoms with Gasteiger partial charge in [-0.1, -0.05) is 30.3 Å². The van der Waals surface area contributed by atoms with Gasteiger partial charge in [0.05, 0.1) is 23.6 Å². The number of esters is 1. The number of H-pyrrole nitrogens is 2. The predicted octanol–water partition coefficient (Wildman–Crippen LogP) is 6.71. The molecule has 1 aromatic heterocycles. The molecule has 0 aliphatic heterocycles. The van der Waals surface area contributed by atoms with E-state index in [1.165, 1.54) is 7.11 Å². The molecule has 1 fully saturated rings. The minimum atomic E-state index is -0.623. The van der Waals surface area contributed by atoms with Crippen LogP contribution in [0, 0.1) is 24.7 Å². The fourth-order valence-corrected chi connectivity index (χ4v) is 6.59.